The summed E-state index contributed by atoms with van der Waals surface area (Å²) in [6.07, 6.45) is 5.68. The molecule has 2 rings (SSSR count). The number of thiazole rings is 1. The predicted octanol–water partition coefficient (Wildman–Crippen LogP) is 2.48. The van der Waals surface area contributed by atoms with Crippen LogP contribution >= 0.6 is 11.3 Å². The number of aryl methyl sites for hydroxylation is 2. The van der Waals surface area contributed by atoms with Gasteiger partial charge >= 0.3 is 0 Å². The molecule has 0 fully saturated rings. The molecule has 0 saturated heterocycles. The van der Waals surface area contributed by atoms with E-state index in [2.05, 4.69) is 9.97 Å². The molecule has 2 aromatic rings. The van der Waals surface area contributed by atoms with Gasteiger partial charge in [0.15, 0.2) is 0 Å². The minimum absolute atomic E-state index is 0.173. The smallest absolute Gasteiger partial charge is 0.222 e. The molecule has 2 heterocycles. The summed E-state index contributed by atoms with van der Waals surface area (Å²) in [5.41, 5.74) is 2.23. The summed E-state index contributed by atoms with van der Waals surface area (Å²) in [6.45, 7) is 2.71. The molecule has 5 heteroatoms. The molecule has 0 atom stereocenters. The first kappa shape index (κ1) is 14.7. The largest absolute Gasteiger partial charge is 0.345 e. The number of aromatic nitrogens is 2. The van der Waals surface area contributed by atoms with E-state index in [1.807, 2.05) is 31.5 Å². The Bertz CT molecular complexity index is 553. The number of nitrogens with zero attached hydrogens (tertiary/aromatic N) is 3. The van der Waals surface area contributed by atoms with Gasteiger partial charge in [-0.2, -0.15) is 0 Å². The first-order valence-electron chi connectivity index (χ1n) is 6.69. The summed E-state index contributed by atoms with van der Waals surface area (Å²) in [6, 6.07) is 3.97. The van der Waals surface area contributed by atoms with Crippen molar-refractivity contribution >= 4 is 17.2 Å². The number of carbonyl (C=O) groups excluding carboxylic acids is 1. The number of likely N-dealkylation sites (N-methyl/N-ethyl adjacent to an activating group) is 1. The van der Waals surface area contributed by atoms with Gasteiger partial charge in [-0.15, -0.1) is 11.3 Å². The first-order chi connectivity index (χ1) is 9.65. The molecule has 0 aromatic carbocycles. The topological polar surface area (TPSA) is 46.1 Å². The third kappa shape index (κ3) is 4.42. The minimum atomic E-state index is 0.173. The van der Waals surface area contributed by atoms with Crippen LogP contribution in [0.4, 0.5) is 0 Å². The monoisotopic (exact) mass is 289 g/mol. The van der Waals surface area contributed by atoms with Crippen molar-refractivity contribution in [2.45, 2.75) is 26.2 Å². The van der Waals surface area contributed by atoms with Crippen molar-refractivity contribution in [1.29, 1.82) is 0 Å². The molecule has 0 saturated carbocycles. The van der Waals surface area contributed by atoms with Crippen LogP contribution < -0.4 is 0 Å². The van der Waals surface area contributed by atoms with E-state index in [0.717, 1.165) is 30.1 Å². The third-order valence-corrected chi connectivity index (χ3v) is 4.16. The molecule has 0 aliphatic heterocycles. The van der Waals surface area contributed by atoms with Gasteiger partial charge in [0.25, 0.3) is 0 Å². The SMILES string of the molecule is Cc1csc(CCC(=O)N(C)CCc2ccncc2)n1. The average molecular weight is 289 g/mol. The van der Waals surface area contributed by atoms with E-state index in [-0.39, 0.29) is 5.91 Å². The van der Waals surface area contributed by atoms with Crippen molar-refractivity contribution in [3.63, 3.8) is 0 Å². The second-order valence-corrected chi connectivity index (χ2v) is 5.75. The Morgan fingerprint density at radius 2 is 2.05 bits per heavy atom. The van der Waals surface area contributed by atoms with E-state index in [9.17, 15) is 4.79 Å². The molecule has 0 aliphatic rings. The Morgan fingerprint density at radius 1 is 1.30 bits per heavy atom. The van der Waals surface area contributed by atoms with Crippen LogP contribution in [0.2, 0.25) is 0 Å². The zero-order valence-electron chi connectivity index (χ0n) is 11.9. The second kappa shape index (κ2) is 7.14. The standard InChI is InChI=1S/C15H19N3OS/c1-12-11-20-14(17-12)3-4-15(19)18(2)10-7-13-5-8-16-9-6-13/h5-6,8-9,11H,3-4,7,10H2,1-2H3. The fraction of sp³-hybridized carbons (Fsp3) is 0.400. The molecule has 0 radical (unpaired) electrons. The van der Waals surface area contributed by atoms with Crippen LogP contribution in [0.1, 0.15) is 22.7 Å². The van der Waals surface area contributed by atoms with Crippen molar-refractivity contribution in [2.24, 2.45) is 0 Å². The molecule has 1 amide bonds. The van der Waals surface area contributed by atoms with Gasteiger partial charge in [-0.05, 0) is 31.0 Å². The zero-order valence-corrected chi connectivity index (χ0v) is 12.7. The van der Waals surface area contributed by atoms with Crippen LogP contribution in [-0.2, 0) is 17.6 Å². The van der Waals surface area contributed by atoms with Gasteiger partial charge < -0.3 is 4.90 Å². The van der Waals surface area contributed by atoms with E-state index < -0.39 is 0 Å². The molecule has 0 N–H and O–H groups in total. The molecule has 0 spiro atoms. The highest BCUT2D eigenvalue weighted by atomic mass is 32.1. The number of hydrogen-bond acceptors (Lipinski definition) is 4. The van der Waals surface area contributed by atoms with E-state index in [1.165, 1.54) is 5.56 Å². The summed E-state index contributed by atoms with van der Waals surface area (Å²) in [4.78, 5) is 22.2. The maximum absolute atomic E-state index is 12.0. The molecule has 106 valence electrons. The number of rotatable bonds is 6. The Hall–Kier alpha value is -1.75. The lowest BCUT2D eigenvalue weighted by molar-refractivity contribution is -0.129. The lowest BCUT2D eigenvalue weighted by Crippen LogP contribution is -2.29. The number of amides is 1. The Kier molecular flexibility index (Phi) is 5.24. The summed E-state index contributed by atoms with van der Waals surface area (Å²) in [5, 5.41) is 3.06. The zero-order chi connectivity index (χ0) is 14.4. The molecule has 2 aromatic heterocycles. The fourth-order valence-electron chi connectivity index (χ4n) is 1.89. The van der Waals surface area contributed by atoms with Crippen molar-refractivity contribution < 1.29 is 4.79 Å². The van der Waals surface area contributed by atoms with Crippen LogP contribution in [-0.4, -0.2) is 34.4 Å². The summed E-state index contributed by atoms with van der Waals surface area (Å²) < 4.78 is 0. The van der Waals surface area contributed by atoms with E-state index >= 15 is 0 Å². The molecular weight excluding hydrogens is 270 g/mol. The Balaban J connectivity index is 1.74. The van der Waals surface area contributed by atoms with E-state index in [1.54, 1.807) is 28.6 Å². The van der Waals surface area contributed by atoms with Gasteiger partial charge in [-0.3, -0.25) is 9.78 Å². The Labute approximate surface area is 123 Å². The second-order valence-electron chi connectivity index (χ2n) is 4.80. The van der Waals surface area contributed by atoms with Crippen molar-refractivity contribution in [1.82, 2.24) is 14.9 Å². The maximum atomic E-state index is 12.0. The van der Waals surface area contributed by atoms with Crippen molar-refractivity contribution in [3.8, 4) is 0 Å². The lowest BCUT2D eigenvalue weighted by Gasteiger charge is -2.16. The van der Waals surface area contributed by atoms with Crippen LogP contribution in [0.5, 0.6) is 0 Å². The molecule has 20 heavy (non-hydrogen) atoms. The highest BCUT2D eigenvalue weighted by molar-refractivity contribution is 7.09. The minimum Gasteiger partial charge on any atom is -0.345 e. The molecule has 0 aliphatic carbocycles. The van der Waals surface area contributed by atoms with E-state index in [4.69, 9.17) is 0 Å². The van der Waals surface area contributed by atoms with E-state index in [0.29, 0.717) is 6.42 Å². The highest BCUT2D eigenvalue weighted by Crippen LogP contribution is 2.11. The van der Waals surface area contributed by atoms with Gasteiger partial charge in [0.05, 0.1) is 5.01 Å². The highest BCUT2D eigenvalue weighted by Gasteiger charge is 2.10. The maximum Gasteiger partial charge on any atom is 0.222 e. The van der Waals surface area contributed by atoms with Crippen LogP contribution in [0.25, 0.3) is 0 Å². The quantitative estimate of drug-likeness (QED) is 0.820. The predicted molar refractivity (Wildman–Crippen MR) is 80.8 cm³/mol. The number of pyridine rings is 1. The van der Waals surface area contributed by atoms with Crippen molar-refractivity contribution in [3.05, 3.63) is 46.2 Å². The van der Waals surface area contributed by atoms with Gasteiger partial charge in [0, 0.05) is 49.9 Å². The van der Waals surface area contributed by atoms with Gasteiger partial charge in [0.2, 0.25) is 5.91 Å². The normalized spacial score (nSPS) is 10.5. The first-order valence-corrected chi connectivity index (χ1v) is 7.57. The van der Waals surface area contributed by atoms with Gasteiger partial charge in [-0.25, -0.2) is 4.98 Å². The summed E-state index contributed by atoms with van der Waals surface area (Å²) >= 11 is 1.62. The van der Waals surface area contributed by atoms with Crippen LogP contribution in [0.3, 0.4) is 0 Å². The molecule has 0 bridgehead atoms. The number of hydrogen-bond donors (Lipinski definition) is 0. The number of carbonyl (C=O) groups is 1. The fourth-order valence-corrected chi connectivity index (χ4v) is 2.67. The van der Waals surface area contributed by atoms with Gasteiger partial charge in [-0.1, -0.05) is 0 Å². The van der Waals surface area contributed by atoms with Crippen LogP contribution in [0, 0.1) is 6.92 Å². The Morgan fingerprint density at radius 3 is 2.70 bits per heavy atom. The lowest BCUT2D eigenvalue weighted by atomic mass is 10.2. The molecule has 0 unspecified atom stereocenters. The van der Waals surface area contributed by atoms with Gasteiger partial charge in [0.1, 0.15) is 0 Å². The molecular formula is C15H19N3OS. The molecule has 4 nitrogen and oxygen atoms in total. The van der Waals surface area contributed by atoms with Crippen molar-refractivity contribution in [2.75, 3.05) is 13.6 Å². The third-order valence-electron chi connectivity index (χ3n) is 3.13. The summed E-state index contributed by atoms with van der Waals surface area (Å²) in [5.74, 6) is 0.173. The average Bonchev–Trinajstić information content (AvgIpc) is 2.89. The summed E-state index contributed by atoms with van der Waals surface area (Å²) in [7, 11) is 1.86. The van der Waals surface area contributed by atoms with Crippen LogP contribution in [0.15, 0.2) is 29.9 Å².